The van der Waals surface area contributed by atoms with E-state index >= 15 is 0 Å². The molecular formula is C16H28O2. The zero-order chi connectivity index (χ0) is 12.9. The van der Waals surface area contributed by atoms with Gasteiger partial charge in [-0.25, -0.2) is 0 Å². The molecule has 0 aromatic rings. The molecule has 1 aliphatic heterocycles. The van der Waals surface area contributed by atoms with Gasteiger partial charge in [-0.3, -0.25) is 4.79 Å². The molecule has 1 rings (SSSR count). The molecule has 0 saturated carbocycles. The molecule has 1 aliphatic rings. The van der Waals surface area contributed by atoms with Crippen LogP contribution in [0.3, 0.4) is 0 Å². The van der Waals surface area contributed by atoms with Crippen LogP contribution in [-0.2, 0) is 9.53 Å². The van der Waals surface area contributed by atoms with E-state index in [4.69, 9.17) is 4.74 Å². The third kappa shape index (κ3) is 9.41. The van der Waals surface area contributed by atoms with Gasteiger partial charge in [0, 0.05) is 26.1 Å². The van der Waals surface area contributed by atoms with Gasteiger partial charge >= 0.3 is 0 Å². The maximum absolute atomic E-state index is 11.6. The van der Waals surface area contributed by atoms with Gasteiger partial charge in [-0.15, -0.1) is 0 Å². The first-order valence-corrected chi connectivity index (χ1v) is 7.64. The first kappa shape index (κ1) is 15.4. The van der Waals surface area contributed by atoms with Crippen molar-refractivity contribution in [3.63, 3.8) is 0 Å². The van der Waals surface area contributed by atoms with Crippen molar-refractivity contribution in [3.05, 3.63) is 12.2 Å². The Labute approximate surface area is 112 Å². The van der Waals surface area contributed by atoms with Gasteiger partial charge in [0.1, 0.15) is 5.78 Å². The van der Waals surface area contributed by atoms with Gasteiger partial charge in [0.15, 0.2) is 0 Å². The van der Waals surface area contributed by atoms with Gasteiger partial charge in [0.25, 0.3) is 0 Å². The number of carbonyl (C=O) groups is 1. The zero-order valence-electron chi connectivity index (χ0n) is 11.7. The Bertz CT molecular complexity index is 233. The van der Waals surface area contributed by atoms with Crippen LogP contribution >= 0.6 is 0 Å². The molecule has 2 nitrogen and oxygen atoms in total. The van der Waals surface area contributed by atoms with Crippen molar-refractivity contribution in [2.24, 2.45) is 0 Å². The third-order valence-corrected chi connectivity index (χ3v) is 3.40. The van der Waals surface area contributed by atoms with E-state index in [1.807, 2.05) is 0 Å². The summed E-state index contributed by atoms with van der Waals surface area (Å²) >= 11 is 0. The fourth-order valence-electron chi connectivity index (χ4n) is 2.22. The summed E-state index contributed by atoms with van der Waals surface area (Å²) in [4.78, 5) is 11.6. The highest BCUT2D eigenvalue weighted by Gasteiger charge is 2.01. The Kier molecular flexibility index (Phi) is 9.82. The summed E-state index contributed by atoms with van der Waals surface area (Å²) in [6, 6.07) is 0. The van der Waals surface area contributed by atoms with E-state index in [0.717, 1.165) is 51.7 Å². The first-order valence-electron chi connectivity index (χ1n) is 7.64. The van der Waals surface area contributed by atoms with Gasteiger partial charge in [-0.2, -0.15) is 0 Å². The lowest BCUT2D eigenvalue weighted by molar-refractivity contribution is -0.119. The van der Waals surface area contributed by atoms with Crippen LogP contribution in [-0.4, -0.2) is 19.0 Å². The predicted molar refractivity (Wildman–Crippen MR) is 75.8 cm³/mol. The van der Waals surface area contributed by atoms with Crippen LogP contribution in [0.2, 0.25) is 0 Å². The number of carbonyl (C=O) groups excluding carboxylic acids is 1. The van der Waals surface area contributed by atoms with E-state index in [0.29, 0.717) is 5.78 Å². The molecule has 0 amide bonds. The maximum Gasteiger partial charge on any atom is 0.132 e. The molecule has 0 radical (unpaired) electrons. The lowest BCUT2D eigenvalue weighted by Gasteiger charge is -2.03. The van der Waals surface area contributed by atoms with E-state index in [1.165, 1.54) is 32.1 Å². The minimum Gasteiger partial charge on any atom is -0.381 e. The lowest BCUT2D eigenvalue weighted by atomic mass is 10.1. The van der Waals surface area contributed by atoms with E-state index in [2.05, 4.69) is 12.2 Å². The maximum atomic E-state index is 11.6. The summed E-state index contributed by atoms with van der Waals surface area (Å²) in [5, 5.41) is 0. The van der Waals surface area contributed by atoms with Crippen LogP contribution in [0.1, 0.15) is 70.6 Å². The highest BCUT2D eigenvalue weighted by atomic mass is 16.5. The van der Waals surface area contributed by atoms with Gasteiger partial charge < -0.3 is 4.74 Å². The van der Waals surface area contributed by atoms with Gasteiger partial charge in [0.2, 0.25) is 0 Å². The summed E-state index contributed by atoms with van der Waals surface area (Å²) in [6.45, 7) is 1.70. The summed E-state index contributed by atoms with van der Waals surface area (Å²) in [6.07, 6.45) is 16.4. The highest BCUT2D eigenvalue weighted by Crippen LogP contribution is 2.09. The smallest absolute Gasteiger partial charge is 0.132 e. The van der Waals surface area contributed by atoms with Crippen LogP contribution < -0.4 is 0 Å². The van der Waals surface area contributed by atoms with Crippen LogP contribution in [0, 0.1) is 0 Å². The second kappa shape index (κ2) is 11.5. The molecule has 0 atom stereocenters. The quantitative estimate of drug-likeness (QED) is 0.596. The Morgan fingerprint density at radius 1 is 0.722 bits per heavy atom. The Morgan fingerprint density at radius 2 is 1.28 bits per heavy atom. The molecule has 0 aromatic heterocycles. The number of rotatable bonds is 0. The Hall–Kier alpha value is -0.630. The minimum atomic E-state index is 0.440. The highest BCUT2D eigenvalue weighted by molar-refractivity contribution is 5.78. The van der Waals surface area contributed by atoms with E-state index in [-0.39, 0.29) is 0 Å². The van der Waals surface area contributed by atoms with Crippen molar-refractivity contribution in [3.8, 4) is 0 Å². The van der Waals surface area contributed by atoms with Crippen molar-refractivity contribution >= 4 is 5.78 Å². The molecule has 104 valence electrons. The summed E-state index contributed by atoms with van der Waals surface area (Å²) in [5.41, 5.74) is 0. The summed E-state index contributed by atoms with van der Waals surface area (Å²) in [5.74, 6) is 0.440. The Morgan fingerprint density at radius 3 is 2.00 bits per heavy atom. The number of allylic oxidation sites excluding steroid dienone is 2. The molecule has 0 saturated heterocycles. The number of ketones is 1. The van der Waals surface area contributed by atoms with Crippen LogP contribution in [0.4, 0.5) is 0 Å². The zero-order valence-corrected chi connectivity index (χ0v) is 11.7. The van der Waals surface area contributed by atoms with E-state index in [1.54, 1.807) is 0 Å². The van der Waals surface area contributed by atoms with Crippen molar-refractivity contribution < 1.29 is 9.53 Å². The van der Waals surface area contributed by atoms with Crippen molar-refractivity contribution in [2.75, 3.05) is 13.2 Å². The largest absolute Gasteiger partial charge is 0.381 e. The second-order valence-electron chi connectivity index (χ2n) is 5.17. The first-order chi connectivity index (χ1) is 8.89. The molecule has 0 spiro atoms. The molecule has 18 heavy (non-hydrogen) atoms. The standard InChI is InChI=1S/C16H28O2/c17-16-12-8-6-4-2-1-3-5-7-10-14-18-15-11-9-13-16/h1,3H,2,4-15H2. The van der Waals surface area contributed by atoms with Crippen LogP contribution in [0.5, 0.6) is 0 Å². The molecule has 0 bridgehead atoms. The minimum absolute atomic E-state index is 0.440. The van der Waals surface area contributed by atoms with E-state index < -0.39 is 0 Å². The molecule has 0 unspecified atom stereocenters. The van der Waals surface area contributed by atoms with Crippen molar-refractivity contribution in [1.29, 1.82) is 0 Å². The van der Waals surface area contributed by atoms with E-state index in [9.17, 15) is 4.79 Å². The summed E-state index contributed by atoms with van der Waals surface area (Å²) in [7, 11) is 0. The number of hydrogen-bond donors (Lipinski definition) is 0. The molecule has 0 aromatic carbocycles. The average molecular weight is 252 g/mol. The summed E-state index contributed by atoms with van der Waals surface area (Å²) < 4.78 is 5.56. The van der Waals surface area contributed by atoms with Gasteiger partial charge in [-0.05, 0) is 51.4 Å². The number of hydrogen-bond acceptors (Lipinski definition) is 2. The molecule has 2 heteroatoms. The fraction of sp³-hybridized carbons (Fsp3) is 0.812. The SMILES string of the molecule is O=C1CCCCCC=CCCCCOCCCC1. The van der Waals surface area contributed by atoms with Crippen LogP contribution in [0.25, 0.3) is 0 Å². The molecule has 1 heterocycles. The fourth-order valence-corrected chi connectivity index (χ4v) is 2.22. The molecule has 0 aliphatic carbocycles. The number of Topliss-reactive ketones (excluding diaryl/α,β-unsaturated/α-hetero) is 1. The van der Waals surface area contributed by atoms with Crippen molar-refractivity contribution in [1.82, 2.24) is 0 Å². The topological polar surface area (TPSA) is 26.3 Å². The number of ether oxygens (including phenoxy) is 1. The van der Waals surface area contributed by atoms with Gasteiger partial charge in [-0.1, -0.05) is 18.6 Å². The normalized spacial score (nSPS) is 22.6. The monoisotopic (exact) mass is 252 g/mol. The molecule has 0 fully saturated rings. The van der Waals surface area contributed by atoms with Crippen LogP contribution in [0.15, 0.2) is 12.2 Å². The second-order valence-corrected chi connectivity index (χ2v) is 5.17. The van der Waals surface area contributed by atoms with Crippen molar-refractivity contribution in [2.45, 2.75) is 70.6 Å². The molecule has 0 N–H and O–H groups in total. The van der Waals surface area contributed by atoms with Gasteiger partial charge in [0.05, 0.1) is 0 Å². The third-order valence-electron chi connectivity index (χ3n) is 3.40. The average Bonchev–Trinajstić information content (AvgIpc) is 2.37. The predicted octanol–water partition coefficient (Wildman–Crippen LogP) is 4.43. The Balaban J connectivity index is 2.17. The lowest BCUT2D eigenvalue weighted by Crippen LogP contribution is -2.01. The molecular weight excluding hydrogens is 224 g/mol.